The van der Waals surface area contributed by atoms with E-state index in [9.17, 15) is 0 Å². The summed E-state index contributed by atoms with van der Waals surface area (Å²) >= 11 is 0. The van der Waals surface area contributed by atoms with Crippen molar-refractivity contribution in [3.05, 3.63) is 65.7 Å². The number of benzene rings is 3. The van der Waals surface area contributed by atoms with Gasteiger partial charge in [0.25, 0.3) is 0 Å². The average Bonchev–Trinajstić information content (AvgIpc) is 2.51. The topological polar surface area (TPSA) is 18.5 Å². The third kappa shape index (κ3) is 2.45. The van der Waals surface area contributed by atoms with Crippen LogP contribution in [-0.4, -0.2) is 7.11 Å². The van der Waals surface area contributed by atoms with Gasteiger partial charge in [-0.1, -0.05) is 36.4 Å². The monoisotopic (exact) mass is 278 g/mol. The van der Waals surface area contributed by atoms with Crippen molar-refractivity contribution in [1.29, 1.82) is 0 Å². The van der Waals surface area contributed by atoms with Gasteiger partial charge in [-0.2, -0.15) is 0 Å². The molecule has 0 aliphatic carbocycles. The summed E-state index contributed by atoms with van der Waals surface area (Å²) in [5, 5.41) is 2.11. The van der Waals surface area contributed by atoms with Gasteiger partial charge in [0, 0.05) is 10.8 Å². The van der Waals surface area contributed by atoms with Gasteiger partial charge in [0.05, 0.1) is 7.11 Å². The standard InChI is InChI=1S/C19H18O2/c1-13-7-4-10-17(14(13)2)21-19-12-6-8-15-16(19)9-5-11-18(15)20-3/h4-12H,1-3H3. The molecule has 2 heteroatoms. The Kier molecular flexibility index (Phi) is 3.53. The van der Waals surface area contributed by atoms with Crippen LogP contribution in [0.1, 0.15) is 11.1 Å². The molecule has 3 rings (SSSR count). The van der Waals surface area contributed by atoms with Crippen LogP contribution < -0.4 is 9.47 Å². The van der Waals surface area contributed by atoms with Gasteiger partial charge in [-0.3, -0.25) is 0 Å². The summed E-state index contributed by atoms with van der Waals surface area (Å²) in [5.74, 6) is 2.60. The first-order valence-electron chi connectivity index (χ1n) is 7.00. The van der Waals surface area contributed by atoms with Crippen molar-refractivity contribution in [3.8, 4) is 17.2 Å². The molecule has 0 unspecified atom stereocenters. The number of fused-ring (bicyclic) bond motifs is 1. The predicted molar refractivity (Wildman–Crippen MR) is 86.5 cm³/mol. The average molecular weight is 278 g/mol. The van der Waals surface area contributed by atoms with Crippen molar-refractivity contribution in [3.63, 3.8) is 0 Å². The Balaban J connectivity index is 2.11. The van der Waals surface area contributed by atoms with Crippen molar-refractivity contribution < 1.29 is 9.47 Å². The third-order valence-electron chi connectivity index (χ3n) is 3.84. The van der Waals surface area contributed by atoms with Crippen molar-refractivity contribution in [1.82, 2.24) is 0 Å². The maximum atomic E-state index is 6.15. The normalized spacial score (nSPS) is 10.6. The molecule has 2 nitrogen and oxygen atoms in total. The minimum absolute atomic E-state index is 0.847. The van der Waals surface area contributed by atoms with E-state index in [1.807, 2.05) is 42.5 Å². The highest BCUT2D eigenvalue weighted by Crippen LogP contribution is 2.35. The molecule has 106 valence electrons. The molecule has 0 aliphatic rings. The maximum absolute atomic E-state index is 6.15. The van der Waals surface area contributed by atoms with Gasteiger partial charge < -0.3 is 9.47 Å². The first-order valence-corrected chi connectivity index (χ1v) is 7.00. The molecule has 0 saturated carbocycles. The Morgan fingerprint density at radius 3 is 1.95 bits per heavy atom. The summed E-state index contributed by atoms with van der Waals surface area (Å²) in [7, 11) is 1.69. The summed E-state index contributed by atoms with van der Waals surface area (Å²) in [6.07, 6.45) is 0. The molecule has 3 aromatic rings. The Bertz CT molecular complexity index is 791. The van der Waals surface area contributed by atoms with Crippen LogP contribution in [0.15, 0.2) is 54.6 Å². The highest BCUT2D eigenvalue weighted by molar-refractivity contribution is 5.93. The van der Waals surface area contributed by atoms with Crippen LogP contribution in [0.3, 0.4) is 0 Å². The van der Waals surface area contributed by atoms with E-state index in [4.69, 9.17) is 9.47 Å². The van der Waals surface area contributed by atoms with E-state index in [0.717, 1.165) is 33.6 Å². The Labute approximate surface area is 124 Å². The maximum Gasteiger partial charge on any atom is 0.135 e. The lowest BCUT2D eigenvalue weighted by atomic mass is 10.1. The molecular weight excluding hydrogens is 260 g/mol. The third-order valence-corrected chi connectivity index (χ3v) is 3.84. The van der Waals surface area contributed by atoms with Crippen LogP contribution in [-0.2, 0) is 0 Å². The zero-order chi connectivity index (χ0) is 14.8. The summed E-state index contributed by atoms with van der Waals surface area (Å²) in [4.78, 5) is 0. The second-order valence-electron chi connectivity index (χ2n) is 5.11. The molecule has 21 heavy (non-hydrogen) atoms. The molecule has 0 radical (unpaired) electrons. The van der Waals surface area contributed by atoms with E-state index < -0.39 is 0 Å². The number of aryl methyl sites for hydroxylation is 1. The minimum Gasteiger partial charge on any atom is -0.496 e. The number of hydrogen-bond acceptors (Lipinski definition) is 2. The Morgan fingerprint density at radius 1 is 0.667 bits per heavy atom. The van der Waals surface area contributed by atoms with Gasteiger partial charge in [0.2, 0.25) is 0 Å². The highest BCUT2D eigenvalue weighted by atomic mass is 16.5. The summed E-state index contributed by atoms with van der Waals surface area (Å²) < 4.78 is 11.6. The van der Waals surface area contributed by atoms with Gasteiger partial charge in [0.15, 0.2) is 0 Å². The van der Waals surface area contributed by atoms with Crippen molar-refractivity contribution >= 4 is 10.8 Å². The molecule has 0 heterocycles. The lowest BCUT2D eigenvalue weighted by Gasteiger charge is -2.13. The smallest absolute Gasteiger partial charge is 0.135 e. The summed E-state index contributed by atoms with van der Waals surface area (Å²) in [5.41, 5.74) is 2.39. The van der Waals surface area contributed by atoms with Gasteiger partial charge in [0.1, 0.15) is 17.2 Å². The van der Waals surface area contributed by atoms with Gasteiger partial charge >= 0.3 is 0 Å². The number of ether oxygens (including phenoxy) is 2. The first kappa shape index (κ1) is 13.5. The van der Waals surface area contributed by atoms with Gasteiger partial charge in [-0.05, 0) is 43.2 Å². The van der Waals surface area contributed by atoms with Crippen LogP contribution in [0.5, 0.6) is 17.2 Å². The summed E-state index contributed by atoms with van der Waals surface area (Å²) in [6.45, 7) is 4.17. The van der Waals surface area contributed by atoms with Crippen molar-refractivity contribution in [2.75, 3.05) is 7.11 Å². The Morgan fingerprint density at radius 2 is 1.24 bits per heavy atom. The van der Waals surface area contributed by atoms with Crippen LogP contribution in [0.2, 0.25) is 0 Å². The molecule has 0 bridgehead atoms. The van der Waals surface area contributed by atoms with E-state index in [-0.39, 0.29) is 0 Å². The van der Waals surface area contributed by atoms with Crippen molar-refractivity contribution in [2.45, 2.75) is 13.8 Å². The molecule has 3 aromatic carbocycles. The molecule has 0 aliphatic heterocycles. The van der Waals surface area contributed by atoms with Crippen LogP contribution in [0.25, 0.3) is 10.8 Å². The van der Waals surface area contributed by atoms with Crippen molar-refractivity contribution in [2.24, 2.45) is 0 Å². The van der Waals surface area contributed by atoms with Crippen LogP contribution in [0.4, 0.5) is 0 Å². The fraction of sp³-hybridized carbons (Fsp3) is 0.158. The van der Waals surface area contributed by atoms with Crippen LogP contribution in [0, 0.1) is 13.8 Å². The van der Waals surface area contributed by atoms with E-state index >= 15 is 0 Å². The fourth-order valence-electron chi connectivity index (χ4n) is 2.47. The zero-order valence-corrected chi connectivity index (χ0v) is 12.5. The van der Waals surface area contributed by atoms with E-state index in [1.165, 1.54) is 5.56 Å². The Hall–Kier alpha value is -2.48. The molecule has 0 amide bonds. The van der Waals surface area contributed by atoms with E-state index in [2.05, 4.69) is 26.0 Å². The van der Waals surface area contributed by atoms with Gasteiger partial charge in [-0.15, -0.1) is 0 Å². The number of hydrogen-bond donors (Lipinski definition) is 0. The molecule has 0 aromatic heterocycles. The second-order valence-corrected chi connectivity index (χ2v) is 5.11. The number of rotatable bonds is 3. The molecule has 0 fully saturated rings. The molecule has 0 N–H and O–H groups in total. The number of methoxy groups -OCH3 is 1. The molecule has 0 atom stereocenters. The van der Waals surface area contributed by atoms with E-state index in [0.29, 0.717) is 0 Å². The lowest BCUT2D eigenvalue weighted by Crippen LogP contribution is -1.91. The zero-order valence-electron chi connectivity index (χ0n) is 12.5. The summed E-state index contributed by atoms with van der Waals surface area (Å²) in [6, 6.07) is 18.1. The molecular formula is C19H18O2. The SMILES string of the molecule is COc1cccc2c(Oc3cccc(C)c3C)cccc12. The lowest BCUT2D eigenvalue weighted by molar-refractivity contribution is 0.419. The largest absolute Gasteiger partial charge is 0.496 e. The highest BCUT2D eigenvalue weighted by Gasteiger charge is 2.08. The van der Waals surface area contributed by atoms with E-state index in [1.54, 1.807) is 7.11 Å². The minimum atomic E-state index is 0.847. The first-order chi connectivity index (χ1) is 10.2. The molecule has 0 saturated heterocycles. The van der Waals surface area contributed by atoms with Gasteiger partial charge in [-0.25, -0.2) is 0 Å². The molecule has 0 spiro atoms. The fourth-order valence-corrected chi connectivity index (χ4v) is 2.47. The van der Waals surface area contributed by atoms with Crippen LogP contribution >= 0.6 is 0 Å². The second kappa shape index (κ2) is 5.49. The predicted octanol–water partition coefficient (Wildman–Crippen LogP) is 5.26. The quantitative estimate of drug-likeness (QED) is 0.650.